The van der Waals surface area contributed by atoms with Gasteiger partial charge < -0.3 is 0 Å². The van der Waals surface area contributed by atoms with Crippen molar-refractivity contribution in [2.45, 2.75) is 0 Å². The molecule has 0 saturated heterocycles. The van der Waals surface area contributed by atoms with Crippen molar-refractivity contribution in [1.29, 1.82) is 0 Å². The number of amides is 1. The van der Waals surface area contributed by atoms with Crippen LogP contribution in [0.2, 0.25) is 0 Å². The molecule has 0 atom stereocenters. The third kappa shape index (κ3) is 0.778. The average Bonchev–Trinajstić information content (AvgIpc) is 2.12. The number of rotatable bonds is 1. The van der Waals surface area contributed by atoms with Gasteiger partial charge in [0, 0.05) is 0 Å². The van der Waals surface area contributed by atoms with Gasteiger partial charge in [-0.2, -0.15) is 0 Å². The minimum atomic E-state index is -0.459. The molecule has 40 valence electrons. The van der Waals surface area contributed by atoms with Gasteiger partial charge in [0.2, 0.25) is 0 Å². The molecule has 8 heavy (non-hydrogen) atoms. The van der Waals surface area contributed by atoms with Gasteiger partial charge in [-0.25, -0.2) is 0 Å². The third-order valence-electron chi connectivity index (χ3n) is 0.806. The third-order valence-corrected chi connectivity index (χ3v) is 0.806. The Morgan fingerprint density at radius 2 is 2.62 bits per heavy atom. The number of carbonyl (C=O) groups is 1. The molecule has 0 spiro atoms. The van der Waals surface area contributed by atoms with Gasteiger partial charge in [0.05, 0.1) is 0 Å². The van der Waals surface area contributed by atoms with Crippen molar-refractivity contribution in [1.82, 2.24) is 0 Å². The Balaban J connectivity index is 2.93. The van der Waals surface area contributed by atoms with Crippen molar-refractivity contribution >= 4 is 12.8 Å². The molecule has 0 aliphatic carbocycles. The fourth-order valence-corrected chi connectivity index (χ4v) is 0.405. The summed E-state index contributed by atoms with van der Waals surface area (Å²) < 4.78 is 4.57. The quantitative estimate of drug-likeness (QED) is 0.538. The summed E-state index contributed by atoms with van der Waals surface area (Å²) >= 11 is 0. The first kappa shape index (κ1) is 5.09. The molecule has 4 heteroatoms. The van der Waals surface area contributed by atoms with Gasteiger partial charge in [0.25, 0.3) is 0 Å². The Morgan fingerprint density at radius 3 is 2.88 bits per heavy atom. The van der Waals surface area contributed by atoms with Crippen LogP contribution in [0, 0.1) is 0 Å². The molecule has 1 rings (SSSR count). The SMILES string of the molecule is NC(=O)c1bcoc1. The molecular weight excluding hydrogens is 105 g/mol. The van der Waals surface area contributed by atoms with E-state index in [1.54, 1.807) is 0 Å². The van der Waals surface area contributed by atoms with E-state index in [1.165, 1.54) is 19.3 Å². The molecule has 0 fully saturated rings. The zero-order chi connectivity index (χ0) is 5.98. The average molecular weight is 109 g/mol. The van der Waals surface area contributed by atoms with E-state index < -0.39 is 5.91 Å². The number of hydrogen-bond acceptors (Lipinski definition) is 2. The number of hydrogen-bond donors (Lipinski definition) is 1. The van der Waals surface area contributed by atoms with E-state index in [-0.39, 0.29) is 0 Å². The van der Waals surface area contributed by atoms with Gasteiger partial charge in [0.15, 0.2) is 0 Å². The predicted octanol–water partition coefficient (Wildman–Crippen LogP) is -0.283. The van der Waals surface area contributed by atoms with E-state index in [4.69, 9.17) is 5.73 Å². The van der Waals surface area contributed by atoms with Gasteiger partial charge in [-0.1, -0.05) is 0 Å². The van der Waals surface area contributed by atoms with Crippen LogP contribution in [0.5, 0.6) is 0 Å². The van der Waals surface area contributed by atoms with E-state index in [1.807, 2.05) is 0 Å². The second kappa shape index (κ2) is 1.82. The molecule has 0 unspecified atom stereocenters. The second-order valence-electron chi connectivity index (χ2n) is 1.38. The summed E-state index contributed by atoms with van der Waals surface area (Å²) in [6.07, 6.45) is 2.71. The Hall–Kier alpha value is -1.06. The monoisotopic (exact) mass is 109 g/mol. The minimum absolute atomic E-state index is 0.407. The van der Waals surface area contributed by atoms with Crippen LogP contribution in [0.1, 0.15) is 10.3 Å². The summed E-state index contributed by atoms with van der Waals surface area (Å²) in [6.45, 7) is 1.52. The van der Waals surface area contributed by atoms with Gasteiger partial charge >= 0.3 is 45.6 Å². The molecule has 0 radical (unpaired) electrons. The van der Waals surface area contributed by atoms with Crippen molar-refractivity contribution in [2.24, 2.45) is 5.73 Å². The first-order valence-corrected chi connectivity index (χ1v) is 2.12. The van der Waals surface area contributed by atoms with Crippen LogP contribution in [0.4, 0.5) is 0 Å². The molecule has 3 nitrogen and oxygen atoms in total. The molecule has 1 heterocycles. The second-order valence-corrected chi connectivity index (χ2v) is 1.38. The van der Waals surface area contributed by atoms with Crippen molar-refractivity contribution in [3.05, 3.63) is 17.9 Å². The summed E-state index contributed by atoms with van der Waals surface area (Å²) in [6, 6.07) is 0. The molecule has 0 aliphatic heterocycles. The normalized spacial score (nSPS) is 8.50. The maximum atomic E-state index is 10.2. The van der Waals surface area contributed by atoms with Gasteiger partial charge in [-0.3, -0.25) is 0 Å². The topological polar surface area (TPSA) is 56.2 Å². The first-order chi connectivity index (χ1) is 3.80. The van der Waals surface area contributed by atoms with Crippen LogP contribution < -0.4 is 5.73 Å². The Kier molecular flexibility index (Phi) is 1.16. The van der Waals surface area contributed by atoms with Crippen LogP contribution in [-0.4, -0.2) is 12.8 Å². The Morgan fingerprint density at radius 1 is 1.88 bits per heavy atom. The first-order valence-electron chi connectivity index (χ1n) is 2.12. The van der Waals surface area contributed by atoms with E-state index in [0.717, 1.165) is 0 Å². The van der Waals surface area contributed by atoms with Crippen LogP contribution >= 0.6 is 0 Å². The Bertz CT molecular complexity index is 182. The molecule has 1 aromatic rings. The summed E-state index contributed by atoms with van der Waals surface area (Å²) in [5.74, 6) is -0.459. The summed E-state index contributed by atoms with van der Waals surface area (Å²) in [5.41, 5.74) is 5.27. The van der Waals surface area contributed by atoms with Gasteiger partial charge in [0.1, 0.15) is 0 Å². The molecule has 2 N–H and O–H groups in total. The fourth-order valence-electron chi connectivity index (χ4n) is 0.405. The zero-order valence-electron chi connectivity index (χ0n) is 4.13. The van der Waals surface area contributed by atoms with E-state index in [9.17, 15) is 4.79 Å². The molecule has 0 bridgehead atoms. The van der Waals surface area contributed by atoms with Crippen molar-refractivity contribution in [3.63, 3.8) is 0 Å². The van der Waals surface area contributed by atoms with Crippen LogP contribution in [0.25, 0.3) is 0 Å². The molecule has 1 amide bonds. The van der Waals surface area contributed by atoms with Crippen molar-refractivity contribution in [3.8, 4) is 0 Å². The molecule has 0 saturated carbocycles. The predicted molar refractivity (Wildman–Crippen MR) is 28.6 cm³/mol. The standard InChI is InChI=1S/C4H4BNO2/c6-4(7)3-1-8-2-5-3/h1-2H,(H2,6,7). The van der Waals surface area contributed by atoms with Crippen LogP contribution in [0.15, 0.2) is 16.8 Å². The van der Waals surface area contributed by atoms with Crippen molar-refractivity contribution in [2.75, 3.05) is 0 Å². The molecule has 1 aromatic heterocycles. The number of nitrogens with two attached hydrogens (primary N) is 1. The number of primary amides is 1. The van der Waals surface area contributed by atoms with Crippen LogP contribution in [-0.2, 0) is 0 Å². The zero-order valence-corrected chi connectivity index (χ0v) is 4.13. The van der Waals surface area contributed by atoms with E-state index in [2.05, 4.69) is 4.42 Å². The maximum absolute atomic E-state index is 10.2. The number of carbonyl (C=O) groups excluding carboxylic acids is 1. The summed E-state index contributed by atoms with van der Waals surface area (Å²) in [5, 5.41) is 0. The van der Waals surface area contributed by atoms with Crippen molar-refractivity contribution < 1.29 is 9.21 Å². The fraction of sp³-hybridized carbons (Fsp3) is 0. The Labute approximate surface area is 46.7 Å². The summed E-state index contributed by atoms with van der Waals surface area (Å²) in [4.78, 5) is 10.2. The molecular formula is C4H4BNO2. The molecule has 0 aromatic carbocycles. The summed E-state index contributed by atoms with van der Waals surface area (Å²) in [7, 11) is 0. The van der Waals surface area contributed by atoms with Gasteiger partial charge in [-0.15, -0.1) is 0 Å². The van der Waals surface area contributed by atoms with Crippen LogP contribution in [0.3, 0.4) is 0 Å². The molecule has 0 aliphatic rings. The van der Waals surface area contributed by atoms with Gasteiger partial charge in [-0.05, 0) is 0 Å². The van der Waals surface area contributed by atoms with E-state index in [0.29, 0.717) is 5.46 Å². The van der Waals surface area contributed by atoms with E-state index >= 15 is 0 Å².